The zero-order valence-corrected chi connectivity index (χ0v) is 21.1. The fourth-order valence-electron chi connectivity index (χ4n) is 2.76. The number of imidazole rings is 1. The van der Waals surface area contributed by atoms with Crippen LogP contribution in [0.15, 0.2) is 6.33 Å². The first-order chi connectivity index (χ1) is 15.4. The van der Waals surface area contributed by atoms with Gasteiger partial charge in [-0.05, 0) is 11.6 Å². The molecule has 3 heterocycles. The van der Waals surface area contributed by atoms with Gasteiger partial charge in [0.05, 0.1) is 12.9 Å². The van der Waals surface area contributed by atoms with E-state index in [0.29, 0.717) is 0 Å². The normalized spacial score (nSPS) is 27.5. The van der Waals surface area contributed by atoms with E-state index in [1.54, 1.807) is 0 Å². The third-order valence-electron chi connectivity index (χ3n) is 4.37. The summed E-state index contributed by atoms with van der Waals surface area (Å²) < 4.78 is 47.4. The lowest BCUT2D eigenvalue weighted by atomic mass is 10.1. The van der Waals surface area contributed by atoms with Gasteiger partial charge >= 0.3 is 19.0 Å². The molecule has 16 nitrogen and oxygen atoms in total. The summed E-state index contributed by atoms with van der Waals surface area (Å²) in [4.78, 5) is 39.4. The van der Waals surface area contributed by atoms with Crippen molar-refractivity contribution in [1.82, 2.24) is 19.5 Å². The van der Waals surface area contributed by atoms with Crippen LogP contribution in [0.1, 0.15) is 6.23 Å². The smallest absolute Gasteiger partial charge is 0.383 e. The molecule has 34 heavy (non-hydrogen) atoms. The number of aliphatic hydroxyl groups is 2. The van der Waals surface area contributed by atoms with Gasteiger partial charge < -0.3 is 39.9 Å². The molecule has 2 aromatic heterocycles. The lowest BCUT2D eigenvalue weighted by Gasteiger charge is -2.28. The van der Waals surface area contributed by atoms with Crippen LogP contribution in [-0.4, -0.2) is 80.7 Å². The number of nitrogens with zero attached hydrogens (tertiary/aromatic N) is 4. The van der Waals surface area contributed by atoms with Gasteiger partial charge in [0.15, 0.2) is 17.7 Å². The first-order valence-corrected chi connectivity index (χ1v) is 14.5. The minimum Gasteiger partial charge on any atom is -0.387 e. The van der Waals surface area contributed by atoms with Crippen LogP contribution in [0.25, 0.3) is 11.2 Å². The molecule has 0 spiro atoms. The molecule has 3 rings (SSSR count). The fraction of sp³-hybridized carbons (Fsp3) is 0.545. The Bertz CT molecular complexity index is 1250. The van der Waals surface area contributed by atoms with E-state index in [0.717, 1.165) is 6.33 Å². The molecule has 1 saturated heterocycles. The predicted molar refractivity (Wildman–Crippen MR) is 117 cm³/mol. The lowest BCUT2D eigenvalue weighted by Crippen LogP contribution is -2.33. The zero-order valence-electron chi connectivity index (χ0n) is 16.2. The van der Waals surface area contributed by atoms with Crippen molar-refractivity contribution in [3.05, 3.63) is 11.6 Å². The molecular weight excluding hydrogens is 588 g/mol. The van der Waals surface area contributed by atoms with Crippen LogP contribution in [0.4, 0.5) is 5.82 Å². The number of hydrogen-bond donors (Lipinski definition) is 6. The Labute approximate surface area is 205 Å². The van der Waals surface area contributed by atoms with Gasteiger partial charge in [0.25, 0.3) is 7.47 Å². The number of hydrogen-bond acceptors (Lipinski definition) is 12. The van der Waals surface area contributed by atoms with E-state index in [1.165, 1.54) is 4.57 Å². The average Bonchev–Trinajstić information content (AvgIpc) is 3.20. The van der Waals surface area contributed by atoms with Crippen LogP contribution in [0.3, 0.4) is 0 Å². The number of alkyl halides is 2. The van der Waals surface area contributed by atoms with Gasteiger partial charge in [-0.1, -0.05) is 23.2 Å². The van der Waals surface area contributed by atoms with Crippen LogP contribution in [-0.2, 0) is 27.3 Å². The molecule has 23 heteroatoms. The summed E-state index contributed by atoms with van der Waals surface area (Å²) in [5, 5.41) is 20.4. The van der Waals surface area contributed by atoms with Crippen molar-refractivity contribution < 1.29 is 52.2 Å². The number of rotatable bonds is 8. The van der Waals surface area contributed by atoms with E-state index in [4.69, 9.17) is 62.6 Å². The van der Waals surface area contributed by atoms with Gasteiger partial charge in [0, 0.05) is 0 Å². The highest BCUT2D eigenvalue weighted by Crippen LogP contribution is 2.79. The maximum Gasteiger partial charge on any atom is 0.383 e. The molecule has 0 bridgehead atoms. The highest BCUT2D eigenvalue weighted by atomic mass is 35.5. The lowest BCUT2D eigenvalue weighted by molar-refractivity contribution is -0.0478. The number of fused-ring (bicyclic) bond motifs is 1. The van der Waals surface area contributed by atoms with Crippen molar-refractivity contribution in [1.29, 1.82) is 0 Å². The Morgan fingerprint density at radius 1 is 1.21 bits per heavy atom. The maximum absolute atomic E-state index is 12.3. The molecule has 0 aromatic carbocycles. The van der Waals surface area contributed by atoms with Crippen LogP contribution in [0, 0.1) is 0 Å². The molecule has 1 unspecified atom stereocenters. The predicted octanol–water partition coefficient (Wildman–Crippen LogP) is 0.443. The van der Waals surface area contributed by atoms with Crippen molar-refractivity contribution in [2.45, 2.75) is 28.4 Å². The number of anilines is 1. The van der Waals surface area contributed by atoms with Gasteiger partial charge in [-0.3, -0.25) is 18.3 Å². The SMILES string of the molecule is [B][P@@](=O)(OC[C@H]1O[C@@H](n2cnc3c(N)nc(Cl)nc32)[C@H](O)[C@@H]1O)OP(=O)(O)C(Cl)(Cl)P(=O)(O)O. The van der Waals surface area contributed by atoms with Crippen LogP contribution in [0.2, 0.25) is 5.28 Å². The molecule has 7 N–H and O–H groups in total. The monoisotopic (exact) mass is 601 g/mol. The van der Waals surface area contributed by atoms with Crippen molar-refractivity contribution in [2.24, 2.45) is 0 Å². The highest BCUT2D eigenvalue weighted by molar-refractivity contribution is 7.88. The van der Waals surface area contributed by atoms with Gasteiger partial charge in [0.1, 0.15) is 23.8 Å². The molecule has 2 aromatic rings. The number of aromatic nitrogens is 4. The molecule has 0 aliphatic carbocycles. The van der Waals surface area contributed by atoms with Gasteiger partial charge in [-0.15, -0.1) is 0 Å². The zero-order chi connectivity index (χ0) is 25.9. The summed E-state index contributed by atoms with van der Waals surface area (Å²) >= 11 is 16.2. The largest absolute Gasteiger partial charge is 0.387 e. The fourth-order valence-corrected chi connectivity index (χ4v) is 7.31. The number of ether oxygens (including phenoxy) is 1. The van der Waals surface area contributed by atoms with Crippen LogP contribution < -0.4 is 5.73 Å². The average molecular weight is 602 g/mol. The van der Waals surface area contributed by atoms with Crippen molar-refractivity contribution in [2.75, 3.05) is 12.3 Å². The molecule has 6 atom stereocenters. The van der Waals surface area contributed by atoms with E-state index in [1.807, 2.05) is 0 Å². The summed E-state index contributed by atoms with van der Waals surface area (Å²) in [6.07, 6.45) is -4.94. The molecule has 1 aliphatic rings. The van der Waals surface area contributed by atoms with Gasteiger partial charge in [0.2, 0.25) is 12.8 Å². The van der Waals surface area contributed by atoms with Crippen molar-refractivity contribution >= 4 is 82.0 Å². The Hall–Kier alpha value is -0.345. The molecule has 1 fully saturated rings. The quantitative estimate of drug-likeness (QED) is 0.104. The topological polar surface area (TPSA) is 250 Å². The van der Waals surface area contributed by atoms with Crippen LogP contribution in [0.5, 0.6) is 0 Å². The van der Waals surface area contributed by atoms with E-state index < -0.39 is 57.6 Å². The Kier molecular flexibility index (Phi) is 7.90. The van der Waals surface area contributed by atoms with E-state index in [2.05, 4.69) is 23.8 Å². The summed E-state index contributed by atoms with van der Waals surface area (Å²) in [6.45, 7) is -0.902. The summed E-state index contributed by atoms with van der Waals surface area (Å²) in [5.41, 5.74) is 5.87. The second kappa shape index (κ2) is 9.51. The Balaban J connectivity index is 1.75. The first-order valence-electron chi connectivity index (χ1n) is 8.56. The molecule has 0 amide bonds. The summed E-state index contributed by atoms with van der Waals surface area (Å²) in [6, 6.07) is 0. The van der Waals surface area contributed by atoms with Gasteiger partial charge in [-0.25, -0.2) is 9.29 Å². The molecule has 188 valence electrons. The van der Waals surface area contributed by atoms with Crippen molar-refractivity contribution in [3.63, 3.8) is 0 Å². The van der Waals surface area contributed by atoms with Crippen LogP contribution >= 0.6 is 57.5 Å². The number of nitrogens with two attached hydrogens (primary N) is 1. The number of halogens is 3. The number of aliphatic hydroxyl groups excluding tert-OH is 2. The minimum absolute atomic E-state index is 0.0439. The maximum atomic E-state index is 12.3. The van der Waals surface area contributed by atoms with E-state index in [-0.39, 0.29) is 22.3 Å². The Morgan fingerprint density at radius 3 is 2.41 bits per heavy atom. The van der Waals surface area contributed by atoms with E-state index >= 15 is 0 Å². The second-order valence-corrected chi connectivity index (χ2v) is 15.3. The summed E-state index contributed by atoms with van der Waals surface area (Å²) in [7, 11) is -11.3. The Morgan fingerprint density at radius 2 is 1.82 bits per heavy atom. The standard InChI is InChI=1S/C11H14BCl3N5O11P3/c12-34(28,31-33(26,27)11(14,15)32(23,24)25)29-1-3-5(21)6(22)9(30-3)20-2-17-4-7(16)18-10(13)19-8(4)20/h2-3,5-6,9,21-22H,1H2,(H,26,27)(H2,16,18,19)(H2,23,24,25)/t3-,5-,6-,9-,34-/m1/s1. The second-order valence-electron chi connectivity index (χ2n) is 6.74. The minimum atomic E-state index is -5.76. The molecule has 2 radical (unpaired) electrons. The summed E-state index contributed by atoms with van der Waals surface area (Å²) in [5.74, 6) is -0.0683. The number of nitrogen functional groups attached to an aromatic ring is 1. The van der Waals surface area contributed by atoms with Crippen molar-refractivity contribution in [3.8, 4) is 0 Å². The third kappa shape index (κ3) is 5.34. The van der Waals surface area contributed by atoms with E-state index in [9.17, 15) is 28.8 Å². The first kappa shape index (κ1) is 28.2. The molecular formula is C11H14BCl3N5O11P3. The molecule has 1 aliphatic heterocycles. The highest BCUT2D eigenvalue weighted by Gasteiger charge is 2.62. The van der Waals surface area contributed by atoms with Gasteiger partial charge in [-0.2, -0.15) is 9.97 Å². The molecule has 0 saturated carbocycles. The third-order valence-corrected chi connectivity index (χ3v) is 12.4.